The summed E-state index contributed by atoms with van der Waals surface area (Å²) in [6, 6.07) is 17.5. The average molecular weight is 352 g/mol. The molecule has 6 heteroatoms. The number of benzene rings is 2. The number of hydrogen-bond acceptors (Lipinski definition) is 5. The second-order valence-electron chi connectivity index (χ2n) is 5.81. The van der Waals surface area contributed by atoms with E-state index in [0.717, 1.165) is 20.9 Å². The summed E-state index contributed by atoms with van der Waals surface area (Å²) in [5, 5.41) is 7.92. The molecule has 0 saturated carbocycles. The Bertz CT molecular complexity index is 842. The lowest BCUT2D eigenvalue weighted by Crippen LogP contribution is -2.34. The fourth-order valence-electron chi connectivity index (χ4n) is 2.34. The van der Waals surface area contributed by atoms with Crippen LogP contribution in [0.3, 0.4) is 0 Å². The van der Waals surface area contributed by atoms with Crippen molar-refractivity contribution in [3.8, 4) is 0 Å². The van der Waals surface area contributed by atoms with Gasteiger partial charge in [-0.25, -0.2) is 10.4 Å². The zero-order valence-electron chi connectivity index (χ0n) is 14.1. The van der Waals surface area contributed by atoms with Crippen molar-refractivity contribution >= 4 is 38.8 Å². The summed E-state index contributed by atoms with van der Waals surface area (Å²) in [4.78, 5) is 16.6. The number of carbonyl (C=O) groups excluding carboxylic acids is 1. The molecule has 0 saturated heterocycles. The molecule has 2 atom stereocenters. The predicted octanol–water partition coefficient (Wildman–Crippen LogP) is 4.00. The normalized spacial score (nSPS) is 13.7. The zero-order valence-corrected chi connectivity index (χ0v) is 15.0. The molecule has 25 heavy (non-hydrogen) atoms. The van der Waals surface area contributed by atoms with Gasteiger partial charge in [0.1, 0.15) is 6.04 Å². The summed E-state index contributed by atoms with van der Waals surface area (Å²) in [6.45, 7) is 3.82. The first-order valence-corrected chi connectivity index (χ1v) is 8.95. The molecule has 0 spiro atoms. The standard InChI is InChI=1S/C19H20N4OS/c1-13(15-8-4-3-5-9-15)12-20-23-18(24)14(2)21-19-22-16-10-6-7-11-17(16)25-19/h3-14H,1-2H3,(H,21,22)(H,23,24)/b20-12-/t13-,14-/m0/s1. The Labute approximate surface area is 150 Å². The van der Waals surface area contributed by atoms with Crippen LogP contribution in [0.15, 0.2) is 59.7 Å². The molecule has 3 aromatic rings. The molecule has 1 amide bonds. The highest BCUT2D eigenvalue weighted by Crippen LogP contribution is 2.25. The highest BCUT2D eigenvalue weighted by atomic mass is 32.1. The Balaban J connectivity index is 1.54. The van der Waals surface area contributed by atoms with Crippen molar-refractivity contribution in [1.82, 2.24) is 10.4 Å². The van der Waals surface area contributed by atoms with E-state index in [1.165, 1.54) is 11.3 Å². The number of fused-ring (bicyclic) bond motifs is 1. The van der Waals surface area contributed by atoms with Gasteiger partial charge in [0.25, 0.3) is 5.91 Å². The number of carbonyl (C=O) groups is 1. The van der Waals surface area contributed by atoms with E-state index < -0.39 is 6.04 Å². The van der Waals surface area contributed by atoms with E-state index in [0.29, 0.717) is 0 Å². The SMILES string of the molecule is C[C@H](Nc1nc2ccccc2s1)C(=O)N/N=C\[C@H](C)c1ccccc1. The van der Waals surface area contributed by atoms with Crippen LogP contribution < -0.4 is 10.7 Å². The number of nitrogens with zero attached hydrogens (tertiary/aromatic N) is 2. The largest absolute Gasteiger partial charge is 0.350 e. The van der Waals surface area contributed by atoms with Crippen LogP contribution in [0.25, 0.3) is 10.2 Å². The van der Waals surface area contributed by atoms with Crippen LogP contribution in [0.4, 0.5) is 5.13 Å². The van der Waals surface area contributed by atoms with Gasteiger partial charge in [-0.3, -0.25) is 4.79 Å². The number of thiazole rings is 1. The van der Waals surface area contributed by atoms with Gasteiger partial charge in [-0.15, -0.1) is 0 Å². The lowest BCUT2D eigenvalue weighted by atomic mass is 10.0. The van der Waals surface area contributed by atoms with Crippen molar-refractivity contribution < 1.29 is 4.79 Å². The van der Waals surface area contributed by atoms with Gasteiger partial charge in [-0.1, -0.05) is 60.7 Å². The van der Waals surface area contributed by atoms with Gasteiger partial charge in [0, 0.05) is 12.1 Å². The van der Waals surface area contributed by atoms with Gasteiger partial charge in [0.2, 0.25) is 0 Å². The molecule has 1 heterocycles. The lowest BCUT2D eigenvalue weighted by Gasteiger charge is -2.11. The second-order valence-corrected chi connectivity index (χ2v) is 6.84. The Morgan fingerprint density at radius 2 is 1.84 bits per heavy atom. The number of amides is 1. The summed E-state index contributed by atoms with van der Waals surface area (Å²) < 4.78 is 1.09. The number of nitrogens with one attached hydrogen (secondary N) is 2. The molecule has 0 fully saturated rings. The lowest BCUT2D eigenvalue weighted by molar-refractivity contribution is -0.121. The Morgan fingerprint density at radius 3 is 2.60 bits per heavy atom. The Morgan fingerprint density at radius 1 is 1.12 bits per heavy atom. The minimum atomic E-state index is -0.426. The van der Waals surface area contributed by atoms with Crippen molar-refractivity contribution in [2.75, 3.05) is 5.32 Å². The number of hydrogen-bond donors (Lipinski definition) is 2. The monoisotopic (exact) mass is 352 g/mol. The molecule has 0 unspecified atom stereocenters. The molecule has 0 radical (unpaired) electrons. The maximum Gasteiger partial charge on any atom is 0.262 e. The van der Waals surface area contributed by atoms with Crippen molar-refractivity contribution in [2.24, 2.45) is 5.10 Å². The first-order valence-electron chi connectivity index (χ1n) is 8.13. The molecule has 2 aromatic carbocycles. The molecule has 3 rings (SSSR count). The number of rotatable bonds is 6. The van der Waals surface area contributed by atoms with Crippen molar-refractivity contribution in [1.29, 1.82) is 0 Å². The van der Waals surface area contributed by atoms with Gasteiger partial charge in [-0.2, -0.15) is 5.10 Å². The molecule has 0 bridgehead atoms. The van der Waals surface area contributed by atoms with Crippen LogP contribution in [0.1, 0.15) is 25.3 Å². The van der Waals surface area contributed by atoms with Gasteiger partial charge in [0.15, 0.2) is 5.13 Å². The average Bonchev–Trinajstić information content (AvgIpc) is 3.04. The molecular formula is C19H20N4OS. The zero-order chi connectivity index (χ0) is 17.6. The van der Waals surface area contributed by atoms with E-state index >= 15 is 0 Å². The van der Waals surface area contributed by atoms with E-state index in [1.807, 2.05) is 61.5 Å². The topological polar surface area (TPSA) is 66.4 Å². The maximum atomic E-state index is 12.2. The van der Waals surface area contributed by atoms with Crippen molar-refractivity contribution in [2.45, 2.75) is 25.8 Å². The first-order chi connectivity index (χ1) is 12.1. The Hall–Kier alpha value is -2.73. The molecule has 0 aliphatic rings. The van der Waals surface area contributed by atoms with Gasteiger partial charge in [-0.05, 0) is 24.6 Å². The predicted molar refractivity (Wildman–Crippen MR) is 104 cm³/mol. The van der Waals surface area contributed by atoms with E-state index in [-0.39, 0.29) is 11.8 Å². The highest BCUT2D eigenvalue weighted by molar-refractivity contribution is 7.22. The van der Waals surface area contributed by atoms with E-state index in [2.05, 4.69) is 20.8 Å². The minimum Gasteiger partial charge on any atom is -0.350 e. The van der Waals surface area contributed by atoms with Crippen molar-refractivity contribution in [3.05, 3.63) is 60.2 Å². The molecule has 128 valence electrons. The summed E-state index contributed by atoms with van der Waals surface area (Å²) in [6.07, 6.45) is 1.73. The highest BCUT2D eigenvalue weighted by Gasteiger charge is 2.14. The van der Waals surface area contributed by atoms with Crippen LogP contribution in [0.5, 0.6) is 0 Å². The quantitative estimate of drug-likeness (QED) is 0.520. The minimum absolute atomic E-state index is 0.133. The van der Waals surface area contributed by atoms with E-state index in [4.69, 9.17) is 0 Å². The van der Waals surface area contributed by atoms with Crippen LogP contribution in [0.2, 0.25) is 0 Å². The molecule has 0 aliphatic carbocycles. The third-order valence-electron chi connectivity index (χ3n) is 3.83. The summed E-state index contributed by atoms with van der Waals surface area (Å²) in [5.74, 6) is -0.0650. The number of hydrazone groups is 1. The van der Waals surface area contributed by atoms with Crippen LogP contribution in [-0.2, 0) is 4.79 Å². The summed E-state index contributed by atoms with van der Waals surface area (Å²) >= 11 is 1.53. The smallest absolute Gasteiger partial charge is 0.262 e. The van der Waals surface area contributed by atoms with E-state index in [1.54, 1.807) is 13.1 Å². The summed E-state index contributed by atoms with van der Waals surface area (Å²) in [7, 11) is 0. The molecular weight excluding hydrogens is 332 g/mol. The molecule has 5 nitrogen and oxygen atoms in total. The third-order valence-corrected chi connectivity index (χ3v) is 4.79. The van der Waals surface area contributed by atoms with Gasteiger partial charge < -0.3 is 5.32 Å². The number of para-hydroxylation sites is 1. The third kappa shape index (κ3) is 4.42. The van der Waals surface area contributed by atoms with Crippen molar-refractivity contribution in [3.63, 3.8) is 0 Å². The van der Waals surface area contributed by atoms with Gasteiger partial charge in [0.05, 0.1) is 10.2 Å². The fourth-order valence-corrected chi connectivity index (χ4v) is 3.29. The maximum absolute atomic E-state index is 12.2. The van der Waals surface area contributed by atoms with E-state index in [9.17, 15) is 4.79 Å². The molecule has 0 aliphatic heterocycles. The van der Waals surface area contributed by atoms with Crippen LogP contribution >= 0.6 is 11.3 Å². The molecule has 1 aromatic heterocycles. The van der Waals surface area contributed by atoms with Gasteiger partial charge >= 0.3 is 0 Å². The number of anilines is 1. The van der Waals surface area contributed by atoms with Crippen LogP contribution in [0, 0.1) is 0 Å². The Kier molecular flexibility index (Phi) is 5.40. The summed E-state index contributed by atoms with van der Waals surface area (Å²) in [5.41, 5.74) is 4.66. The first kappa shape index (κ1) is 17.1. The second kappa shape index (κ2) is 7.90. The molecule has 2 N–H and O–H groups in total. The number of aromatic nitrogens is 1. The van der Waals surface area contributed by atoms with Crippen LogP contribution in [-0.4, -0.2) is 23.1 Å². The fraction of sp³-hybridized carbons (Fsp3) is 0.211.